The molecule has 0 atom stereocenters. The number of nitrogens with zero attached hydrogens (tertiary/aromatic N) is 5. The van der Waals surface area contributed by atoms with Gasteiger partial charge >= 0.3 is 0 Å². The molecule has 6 rings (SSSR count). The fourth-order valence-corrected chi connectivity index (χ4v) is 7.58. The van der Waals surface area contributed by atoms with Crippen LogP contribution in [0.3, 0.4) is 0 Å². The highest BCUT2D eigenvalue weighted by Crippen LogP contribution is 2.48. The van der Waals surface area contributed by atoms with Crippen molar-refractivity contribution in [3.63, 3.8) is 0 Å². The Morgan fingerprint density at radius 2 is 1.64 bits per heavy atom. The number of aliphatic hydroxyl groups excluding tert-OH is 1. The zero-order valence-corrected chi connectivity index (χ0v) is 27.8. The summed E-state index contributed by atoms with van der Waals surface area (Å²) in [5.41, 5.74) is 12.0. The number of fused-ring (bicyclic) bond motifs is 2. The summed E-state index contributed by atoms with van der Waals surface area (Å²) in [6.07, 6.45) is 16.3. The lowest BCUT2D eigenvalue weighted by atomic mass is 9.81. The Balaban J connectivity index is 1.47. The Labute approximate surface area is 268 Å². The highest BCUT2D eigenvalue weighted by atomic mass is 16.3. The zero-order valence-electron chi connectivity index (χ0n) is 27.8. The minimum atomic E-state index is -0.129. The number of benzene rings is 2. The number of aliphatic hydroxyl groups is 1. The van der Waals surface area contributed by atoms with E-state index >= 15 is 0 Å². The van der Waals surface area contributed by atoms with Gasteiger partial charge in [0.15, 0.2) is 5.71 Å². The fraction of sp³-hybridized carbons (Fsp3) is 0.410. The first kappa shape index (κ1) is 31.0. The molecule has 2 aromatic carbocycles. The average molecular weight is 603 g/mol. The van der Waals surface area contributed by atoms with Gasteiger partial charge in [0.1, 0.15) is 12.2 Å². The molecule has 0 fully saturated rings. The van der Waals surface area contributed by atoms with E-state index in [1.54, 1.807) is 0 Å². The Bertz CT molecular complexity index is 1750. The summed E-state index contributed by atoms with van der Waals surface area (Å²) in [5.74, 6) is 0. The van der Waals surface area contributed by atoms with Gasteiger partial charge in [-0.3, -0.25) is 0 Å². The van der Waals surface area contributed by atoms with Gasteiger partial charge in [0, 0.05) is 47.5 Å². The lowest BCUT2D eigenvalue weighted by Gasteiger charge is -2.27. The van der Waals surface area contributed by atoms with Crippen molar-refractivity contribution in [1.29, 1.82) is 0 Å². The van der Waals surface area contributed by atoms with Gasteiger partial charge < -0.3 is 10.0 Å². The van der Waals surface area contributed by atoms with E-state index < -0.39 is 0 Å². The van der Waals surface area contributed by atoms with Crippen LogP contribution < -0.4 is 4.90 Å². The van der Waals surface area contributed by atoms with Gasteiger partial charge in [-0.1, -0.05) is 81.5 Å². The number of para-hydroxylation sites is 2. The normalized spacial score (nSPS) is 20.6. The van der Waals surface area contributed by atoms with Gasteiger partial charge in [-0.15, -0.1) is 5.10 Å². The maximum absolute atomic E-state index is 9.84. The summed E-state index contributed by atoms with van der Waals surface area (Å²) in [6, 6.07) is 17.6. The van der Waals surface area contributed by atoms with E-state index in [0.717, 1.165) is 50.9 Å². The molecular weight excluding hydrogens is 554 g/mol. The number of hydrogen-bond acceptors (Lipinski definition) is 4. The Morgan fingerprint density at radius 1 is 0.889 bits per heavy atom. The third-order valence-electron chi connectivity index (χ3n) is 9.81. The molecule has 0 bridgehead atoms. The van der Waals surface area contributed by atoms with Crippen molar-refractivity contribution in [3.8, 4) is 0 Å². The molecule has 45 heavy (non-hydrogen) atoms. The van der Waals surface area contributed by atoms with Crippen molar-refractivity contribution in [1.82, 2.24) is 15.0 Å². The molecule has 1 N–H and O–H groups in total. The summed E-state index contributed by atoms with van der Waals surface area (Å²) in [7, 11) is 0. The maximum atomic E-state index is 9.84. The number of aromatic nitrogens is 3. The monoisotopic (exact) mass is 602 g/mol. The first-order valence-electron chi connectivity index (χ1n) is 16.7. The van der Waals surface area contributed by atoms with Crippen molar-refractivity contribution >= 4 is 22.8 Å². The van der Waals surface area contributed by atoms with E-state index in [1.807, 2.05) is 10.9 Å². The standard InChI is InChI=1S/C39H48N5O/c1-7-24-42-33-18-11-9-16-31(33)38(3,4)35(42)22-20-28-14-13-15-29(37(28)44-26-30(27-45)40-41-44)21-23-36-39(5,6)32-17-10-12-19-34(32)43(36)25-8-2/h9-12,16-23,26,45H,7-8,13-15,24-25,27H2,1-6H3/q+1. The molecule has 6 nitrogen and oxygen atoms in total. The van der Waals surface area contributed by atoms with Crippen LogP contribution in [0.2, 0.25) is 0 Å². The van der Waals surface area contributed by atoms with Crippen molar-refractivity contribution in [2.45, 2.75) is 91.1 Å². The smallest absolute Gasteiger partial charge is 0.209 e. The molecular formula is C39H48N5O+. The third kappa shape index (κ3) is 5.43. The lowest BCUT2D eigenvalue weighted by molar-refractivity contribution is -0.437. The first-order chi connectivity index (χ1) is 21.7. The number of hydrogen-bond donors (Lipinski definition) is 1. The second kappa shape index (κ2) is 12.4. The molecule has 2 aliphatic heterocycles. The Morgan fingerprint density at radius 3 is 2.38 bits per heavy atom. The van der Waals surface area contributed by atoms with Gasteiger partial charge in [0.2, 0.25) is 5.69 Å². The summed E-state index contributed by atoms with van der Waals surface area (Å²) in [6.45, 7) is 15.7. The van der Waals surface area contributed by atoms with Gasteiger partial charge in [0.05, 0.1) is 23.9 Å². The van der Waals surface area contributed by atoms with E-state index in [9.17, 15) is 5.11 Å². The van der Waals surface area contributed by atoms with E-state index in [2.05, 4.69) is 134 Å². The highest BCUT2D eigenvalue weighted by Gasteiger charge is 2.44. The minimum Gasteiger partial charge on any atom is -0.390 e. The maximum Gasteiger partial charge on any atom is 0.209 e. The largest absolute Gasteiger partial charge is 0.390 e. The van der Waals surface area contributed by atoms with Gasteiger partial charge in [0.25, 0.3) is 0 Å². The van der Waals surface area contributed by atoms with Crippen LogP contribution in [-0.4, -0.2) is 43.5 Å². The summed E-state index contributed by atoms with van der Waals surface area (Å²) < 4.78 is 4.38. The van der Waals surface area contributed by atoms with E-state index in [0.29, 0.717) is 5.69 Å². The number of anilines is 1. The summed E-state index contributed by atoms with van der Waals surface area (Å²) in [4.78, 5) is 2.50. The molecule has 0 saturated heterocycles. The molecule has 0 radical (unpaired) electrons. The van der Waals surface area contributed by atoms with Crippen molar-refractivity contribution in [3.05, 3.63) is 113 Å². The SMILES string of the molecule is CCCN1/C(=C/C=C2\CCCC(/C=C/C3=[N+](CCC)c4ccccc4C3(C)C)=C2n2cc(CO)nn2)C(C)(C)c2ccccc21. The lowest BCUT2D eigenvalue weighted by Crippen LogP contribution is -2.28. The van der Waals surface area contributed by atoms with Gasteiger partial charge in [-0.25, -0.2) is 4.68 Å². The molecule has 1 aromatic heterocycles. The van der Waals surface area contributed by atoms with Crippen LogP contribution in [0.1, 0.15) is 90.5 Å². The van der Waals surface area contributed by atoms with E-state index in [1.165, 1.54) is 45.1 Å². The van der Waals surface area contributed by atoms with Gasteiger partial charge in [-0.2, -0.15) is 4.58 Å². The number of rotatable bonds is 9. The molecule has 3 heterocycles. The van der Waals surface area contributed by atoms with Crippen molar-refractivity contribution in [2.75, 3.05) is 18.0 Å². The Hall–Kier alpha value is -4.03. The molecule has 0 amide bonds. The molecule has 234 valence electrons. The molecule has 1 aliphatic carbocycles. The van der Waals surface area contributed by atoms with Crippen LogP contribution >= 0.6 is 0 Å². The molecule has 6 heteroatoms. The Kier molecular flexibility index (Phi) is 8.53. The fourth-order valence-electron chi connectivity index (χ4n) is 7.58. The predicted molar refractivity (Wildman–Crippen MR) is 185 cm³/mol. The topological polar surface area (TPSA) is 57.2 Å². The van der Waals surface area contributed by atoms with E-state index in [4.69, 9.17) is 0 Å². The highest BCUT2D eigenvalue weighted by molar-refractivity contribution is 6.03. The molecule has 3 aliphatic rings. The minimum absolute atomic E-state index is 0.0934. The van der Waals surface area contributed by atoms with Crippen LogP contribution in [-0.2, 0) is 17.4 Å². The second-order valence-electron chi connectivity index (χ2n) is 13.6. The van der Waals surface area contributed by atoms with Crippen LogP contribution in [0, 0.1) is 0 Å². The average Bonchev–Trinajstić information content (AvgIpc) is 3.66. The quantitative estimate of drug-likeness (QED) is 0.251. The van der Waals surface area contributed by atoms with Crippen LogP contribution in [0.4, 0.5) is 11.4 Å². The molecule has 0 saturated carbocycles. The number of allylic oxidation sites excluding steroid dienone is 8. The molecule has 3 aromatic rings. The van der Waals surface area contributed by atoms with Crippen LogP contribution in [0.15, 0.2) is 95.9 Å². The second-order valence-corrected chi connectivity index (χ2v) is 13.6. The zero-order chi connectivity index (χ0) is 31.8. The predicted octanol–water partition coefficient (Wildman–Crippen LogP) is 8.23. The van der Waals surface area contributed by atoms with Crippen molar-refractivity contribution in [2.24, 2.45) is 0 Å². The molecule has 0 unspecified atom stereocenters. The van der Waals surface area contributed by atoms with Crippen molar-refractivity contribution < 1.29 is 9.68 Å². The summed E-state index contributed by atoms with van der Waals surface area (Å²) >= 11 is 0. The van der Waals surface area contributed by atoms with Crippen LogP contribution in [0.25, 0.3) is 5.70 Å². The first-order valence-corrected chi connectivity index (χ1v) is 16.7. The van der Waals surface area contributed by atoms with E-state index in [-0.39, 0.29) is 17.4 Å². The molecule has 0 spiro atoms. The van der Waals surface area contributed by atoms with Crippen LogP contribution in [0.5, 0.6) is 0 Å². The van der Waals surface area contributed by atoms with Gasteiger partial charge in [-0.05, 0) is 68.4 Å². The third-order valence-corrected chi connectivity index (χ3v) is 9.81. The summed E-state index contributed by atoms with van der Waals surface area (Å²) in [5, 5.41) is 18.6.